The molecule has 1 aromatic rings. The smallest absolute Gasteiger partial charge is 0.251 e. The summed E-state index contributed by atoms with van der Waals surface area (Å²) in [6, 6.07) is 4.08. The molecule has 96 valence electrons. The number of carbonyl (C=O) groups is 1. The van der Waals surface area contributed by atoms with Gasteiger partial charge >= 0.3 is 0 Å². The lowest BCUT2D eigenvalue weighted by Crippen LogP contribution is -2.37. The predicted octanol–water partition coefficient (Wildman–Crippen LogP) is 2.24. The third-order valence-corrected chi connectivity index (χ3v) is 2.53. The Balaban J connectivity index is 0.00000256. The van der Waals surface area contributed by atoms with E-state index in [1.54, 1.807) is 0 Å². The fourth-order valence-corrected chi connectivity index (χ4v) is 1.27. The molecule has 6 heteroatoms. The molecule has 1 atom stereocenters. The van der Waals surface area contributed by atoms with Gasteiger partial charge in [0.2, 0.25) is 0 Å². The van der Waals surface area contributed by atoms with Crippen LogP contribution in [-0.2, 0) is 0 Å². The predicted molar refractivity (Wildman–Crippen MR) is 69.5 cm³/mol. The first-order chi connectivity index (χ1) is 7.54. The highest BCUT2D eigenvalue weighted by molar-refractivity contribution is 6.31. The molecule has 3 nitrogen and oxygen atoms in total. The van der Waals surface area contributed by atoms with Crippen molar-refractivity contribution in [3.63, 3.8) is 0 Å². The third-order valence-electron chi connectivity index (χ3n) is 2.24. The molecule has 0 aliphatic carbocycles. The van der Waals surface area contributed by atoms with Crippen molar-refractivity contribution in [1.82, 2.24) is 10.6 Å². The lowest BCUT2D eigenvalue weighted by Gasteiger charge is -2.11. The van der Waals surface area contributed by atoms with Crippen molar-refractivity contribution in [2.45, 2.75) is 13.0 Å². The van der Waals surface area contributed by atoms with E-state index in [0.717, 1.165) is 0 Å². The minimum atomic E-state index is -0.526. The highest BCUT2D eigenvalue weighted by Crippen LogP contribution is 2.15. The minimum Gasteiger partial charge on any atom is -0.350 e. The average molecular weight is 281 g/mol. The SMILES string of the molecule is CNC(C)CNC(=O)c1ccc(F)c(Cl)c1.Cl. The van der Waals surface area contributed by atoms with Gasteiger partial charge in [-0.05, 0) is 32.2 Å². The van der Waals surface area contributed by atoms with Crippen LogP contribution in [-0.4, -0.2) is 25.5 Å². The highest BCUT2D eigenvalue weighted by Gasteiger charge is 2.09. The summed E-state index contributed by atoms with van der Waals surface area (Å²) in [5.74, 6) is -0.786. The van der Waals surface area contributed by atoms with E-state index in [1.807, 2.05) is 14.0 Å². The standard InChI is InChI=1S/C11H14ClFN2O.ClH/c1-7(14-2)6-15-11(16)8-3-4-10(13)9(12)5-8;/h3-5,7,14H,6H2,1-2H3,(H,15,16);1H. The van der Waals surface area contributed by atoms with E-state index >= 15 is 0 Å². The number of carbonyl (C=O) groups excluding carboxylic acids is 1. The van der Waals surface area contributed by atoms with E-state index in [9.17, 15) is 9.18 Å². The molecule has 1 aromatic carbocycles. The maximum Gasteiger partial charge on any atom is 0.251 e. The zero-order chi connectivity index (χ0) is 12.1. The van der Waals surface area contributed by atoms with Crippen molar-refractivity contribution in [3.05, 3.63) is 34.6 Å². The molecule has 0 bridgehead atoms. The largest absolute Gasteiger partial charge is 0.350 e. The normalized spacial score (nSPS) is 11.5. The lowest BCUT2D eigenvalue weighted by molar-refractivity contribution is 0.0950. The van der Waals surface area contributed by atoms with Gasteiger partial charge in [0.05, 0.1) is 5.02 Å². The fourth-order valence-electron chi connectivity index (χ4n) is 1.09. The van der Waals surface area contributed by atoms with E-state index in [1.165, 1.54) is 18.2 Å². The van der Waals surface area contributed by atoms with Gasteiger partial charge in [-0.2, -0.15) is 0 Å². The molecule has 17 heavy (non-hydrogen) atoms. The number of nitrogens with one attached hydrogen (secondary N) is 2. The Kier molecular flexibility index (Phi) is 7.11. The Hall–Kier alpha value is -0.840. The summed E-state index contributed by atoms with van der Waals surface area (Å²) >= 11 is 5.58. The van der Waals surface area contributed by atoms with Crippen LogP contribution in [0.5, 0.6) is 0 Å². The van der Waals surface area contributed by atoms with Crippen molar-refractivity contribution >= 4 is 29.9 Å². The van der Waals surface area contributed by atoms with Crippen LogP contribution in [0.25, 0.3) is 0 Å². The second-order valence-electron chi connectivity index (χ2n) is 3.53. The molecule has 0 saturated carbocycles. The van der Waals surface area contributed by atoms with Crippen LogP contribution in [0.15, 0.2) is 18.2 Å². The van der Waals surface area contributed by atoms with Crippen molar-refractivity contribution in [2.24, 2.45) is 0 Å². The van der Waals surface area contributed by atoms with Gasteiger partial charge in [0, 0.05) is 18.2 Å². The Bertz CT molecular complexity index is 388. The number of likely N-dealkylation sites (N-methyl/N-ethyl adjacent to an activating group) is 1. The number of rotatable bonds is 4. The van der Waals surface area contributed by atoms with Crippen LogP contribution in [0.4, 0.5) is 4.39 Å². The van der Waals surface area contributed by atoms with Gasteiger partial charge in [-0.3, -0.25) is 4.79 Å². The van der Waals surface area contributed by atoms with Gasteiger partial charge in [0.25, 0.3) is 5.91 Å². The lowest BCUT2D eigenvalue weighted by atomic mass is 10.2. The molecule has 1 amide bonds. The van der Waals surface area contributed by atoms with Crippen molar-refractivity contribution in [1.29, 1.82) is 0 Å². The van der Waals surface area contributed by atoms with Gasteiger partial charge in [-0.25, -0.2) is 4.39 Å². The maximum absolute atomic E-state index is 12.9. The first-order valence-corrected chi connectivity index (χ1v) is 5.33. The summed E-state index contributed by atoms with van der Waals surface area (Å²) in [6.45, 7) is 2.45. The molecule has 1 unspecified atom stereocenters. The van der Waals surface area contributed by atoms with E-state index in [-0.39, 0.29) is 29.4 Å². The van der Waals surface area contributed by atoms with Crippen LogP contribution >= 0.6 is 24.0 Å². The van der Waals surface area contributed by atoms with Gasteiger partial charge in [0.15, 0.2) is 0 Å². The van der Waals surface area contributed by atoms with Crippen molar-refractivity contribution in [2.75, 3.05) is 13.6 Å². The Morgan fingerprint density at radius 1 is 1.53 bits per heavy atom. The summed E-state index contributed by atoms with van der Waals surface area (Å²) in [6.07, 6.45) is 0. The molecular weight excluding hydrogens is 266 g/mol. The second kappa shape index (κ2) is 7.48. The molecular formula is C11H15Cl2FN2O. The molecule has 0 aromatic heterocycles. The Morgan fingerprint density at radius 2 is 2.18 bits per heavy atom. The molecule has 0 spiro atoms. The average Bonchev–Trinajstić information content (AvgIpc) is 2.29. The second-order valence-corrected chi connectivity index (χ2v) is 3.94. The zero-order valence-corrected chi connectivity index (χ0v) is 11.2. The summed E-state index contributed by atoms with van der Waals surface area (Å²) in [5, 5.41) is 5.66. The van der Waals surface area contributed by atoms with E-state index in [2.05, 4.69) is 10.6 Å². The summed E-state index contributed by atoms with van der Waals surface area (Å²) < 4.78 is 12.9. The van der Waals surface area contributed by atoms with Gasteiger partial charge in [-0.1, -0.05) is 11.6 Å². The zero-order valence-electron chi connectivity index (χ0n) is 9.59. The van der Waals surface area contributed by atoms with E-state index < -0.39 is 5.82 Å². The molecule has 0 fully saturated rings. The van der Waals surface area contributed by atoms with Crippen LogP contribution in [0.3, 0.4) is 0 Å². The third kappa shape index (κ3) is 4.89. The number of hydrogen-bond acceptors (Lipinski definition) is 2. The fraction of sp³-hybridized carbons (Fsp3) is 0.364. The number of hydrogen-bond donors (Lipinski definition) is 2. The topological polar surface area (TPSA) is 41.1 Å². The van der Waals surface area contributed by atoms with E-state index in [4.69, 9.17) is 11.6 Å². The van der Waals surface area contributed by atoms with Crippen LogP contribution < -0.4 is 10.6 Å². The summed E-state index contributed by atoms with van der Waals surface area (Å²) in [7, 11) is 1.81. The summed E-state index contributed by atoms with van der Waals surface area (Å²) in [5.41, 5.74) is 0.356. The van der Waals surface area contributed by atoms with Crippen molar-refractivity contribution < 1.29 is 9.18 Å². The Labute approximate surface area is 111 Å². The molecule has 0 aliphatic rings. The molecule has 0 aliphatic heterocycles. The first kappa shape index (κ1) is 16.2. The molecule has 0 radical (unpaired) electrons. The highest BCUT2D eigenvalue weighted by atomic mass is 35.5. The van der Waals surface area contributed by atoms with Gasteiger partial charge < -0.3 is 10.6 Å². The molecule has 0 saturated heterocycles. The number of halogens is 3. The van der Waals surface area contributed by atoms with E-state index in [0.29, 0.717) is 12.1 Å². The summed E-state index contributed by atoms with van der Waals surface area (Å²) in [4.78, 5) is 11.6. The molecule has 0 heterocycles. The van der Waals surface area contributed by atoms with Gasteiger partial charge in [0.1, 0.15) is 5.82 Å². The van der Waals surface area contributed by atoms with Crippen molar-refractivity contribution in [3.8, 4) is 0 Å². The van der Waals surface area contributed by atoms with Gasteiger partial charge in [-0.15, -0.1) is 12.4 Å². The number of benzene rings is 1. The quantitative estimate of drug-likeness (QED) is 0.888. The minimum absolute atomic E-state index is 0. The molecule has 2 N–H and O–H groups in total. The van der Waals surface area contributed by atoms with Crippen LogP contribution in [0, 0.1) is 5.82 Å². The number of amides is 1. The first-order valence-electron chi connectivity index (χ1n) is 4.95. The molecule has 1 rings (SSSR count). The Morgan fingerprint density at radius 3 is 2.71 bits per heavy atom. The van der Waals surface area contributed by atoms with Crippen LogP contribution in [0.2, 0.25) is 5.02 Å². The maximum atomic E-state index is 12.9. The monoisotopic (exact) mass is 280 g/mol. The van der Waals surface area contributed by atoms with Crippen LogP contribution in [0.1, 0.15) is 17.3 Å².